The van der Waals surface area contributed by atoms with Crippen LogP contribution in [0.15, 0.2) is 30.6 Å². The lowest BCUT2D eigenvalue weighted by Gasteiger charge is -2.11. The van der Waals surface area contributed by atoms with Gasteiger partial charge in [-0.1, -0.05) is 0 Å². The Kier molecular flexibility index (Phi) is 4.28. The molecule has 0 amide bonds. The highest BCUT2D eigenvalue weighted by Crippen LogP contribution is 2.29. The Hall–Kier alpha value is -2.17. The smallest absolute Gasteiger partial charge is 0.142 e. The van der Waals surface area contributed by atoms with Crippen LogP contribution in [0.1, 0.15) is 12.5 Å². The number of anilines is 1. The van der Waals surface area contributed by atoms with E-state index < -0.39 is 0 Å². The van der Waals surface area contributed by atoms with Crippen molar-refractivity contribution in [2.45, 2.75) is 20.0 Å². The second-order valence-electron chi connectivity index (χ2n) is 4.12. The zero-order valence-corrected chi connectivity index (χ0v) is 11.5. The summed E-state index contributed by atoms with van der Waals surface area (Å²) in [6.45, 7) is 3.64. The molecule has 0 atom stereocenters. The summed E-state index contributed by atoms with van der Waals surface area (Å²) in [6, 6.07) is 5.68. The Balaban J connectivity index is 2.09. The van der Waals surface area contributed by atoms with Crippen molar-refractivity contribution < 1.29 is 9.47 Å². The highest BCUT2D eigenvalue weighted by molar-refractivity contribution is 5.59. The molecule has 102 valence electrons. The molecule has 0 aliphatic carbocycles. The molecule has 1 aromatic heterocycles. The lowest BCUT2D eigenvalue weighted by molar-refractivity contribution is 0.404. The SMILES string of the molecule is CCn1cc(CNc2cc(OC)ccc2OC)cn1. The van der Waals surface area contributed by atoms with Crippen LogP contribution < -0.4 is 14.8 Å². The fourth-order valence-corrected chi connectivity index (χ4v) is 1.82. The van der Waals surface area contributed by atoms with Crippen molar-refractivity contribution in [2.24, 2.45) is 0 Å². The second kappa shape index (κ2) is 6.13. The molecule has 2 rings (SSSR count). The standard InChI is InChI=1S/C14H19N3O2/c1-4-17-10-11(9-16-17)8-15-13-7-12(18-2)5-6-14(13)19-3/h5-7,9-10,15H,4,8H2,1-3H3. The van der Waals surface area contributed by atoms with Gasteiger partial charge in [-0.05, 0) is 19.1 Å². The van der Waals surface area contributed by atoms with E-state index in [0.29, 0.717) is 6.54 Å². The van der Waals surface area contributed by atoms with Crippen molar-refractivity contribution in [1.29, 1.82) is 0 Å². The van der Waals surface area contributed by atoms with Crippen LogP contribution in [0, 0.1) is 0 Å². The molecule has 0 saturated carbocycles. The first kappa shape index (κ1) is 13.3. The van der Waals surface area contributed by atoms with Crippen molar-refractivity contribution in [3.8, 4) is 11.5 Å². The van der Waals surface area contributed by atoms with Crippen molar-refractivity contribution >= 4 is 5.69 Å². The topological polar surface area (TPSA) is 48.3 Å². The van der Waals surface area contributed by atoms with E-state index in [1.165, 1.54) is 0 Å². The van der Waals surface area contributed by atoms with Crippen LogP contribution in [0.2, 0.25) is 0 Å². The molecule has 0 unspecified atom stereocenters. The van der Waals surface area contributed by atoms with E-state index in [-0.39, 0.29) is 0 Å². The molecule has 0 radical (unpaired) electrons. The summed E-state index contributed by atoms with van der Waals surface area (Å²) in [7, 11) is 3.30. The monoisotopic (exact) mass is 261 g/mol. The van der Waals surface area contributed by atoms with E-state index in [0.717, 1.165) is 29.3 Å². The maximum absolute atomic E-state index is 5.32. The molecule has 0 saturated heterocycles. The Bertz CT molecular complexity index is 537. The molecular weight excluding hydrogens is 242 g/mol. The normalized spacial score (nSPS) is 10.3. The van der Waals surface area contributed by atoms with Crippen molar-refractivity contribution in [3.63, 3.8) is 0 Å². The Morgan fingerprint density at radius 3 is 2.74 bits per heavy atom. The number of nitrogens with zero attached hydrogens (tertiary/aromatic N) is 2. The maximum atomic E-state index is 5.32. The van der Waals surface area contributed by atoms with Gasteiger partial charge in [0, 0.05) is 30.9 Å². The minimum absolute atomic E-state index is 0.698. The predicted octanol–water partition coefficient (Wildman–Crippen LogP) is 2.53. The molecule has 5 nitrogen and oxygen atoms in total. The van der Waals surface area contributed by atoms with Crippen LogP contribution in [-0.4, -0.2) is 24.0 Å². The molecule has 1 aromatic carbocycles. The van der Waals surface area contributed by atoms with Crippen LogP contribution in [0.4, 0.5) is 5.69 Å². The molecule has 1 N–H and O–H groups in total. The van der Waals surface area contributed by atoms with E-state index in [1.807, 2.05) is 35.3 Å². The molecule has 2 aromatic rings. The van der Waals surface area contributed by atoms with Gasteiger partial charge >= 0.3 is 0 Å². The summed E-state index contributed by atoms with van der Waals surface area (Å²) in [5, 5.41) is 7.58. The minimum atomic E-state index is 0.698. The third kappa shape index (κ3) is 3.19. The summed E-state index contributed by atoms with van der Waals surface area (Å²) >= 11 is 0. The maximum Gasteiger partial charge on any atom is 0.142 e. The fourth-order valence-electron chi connectivity index (χ4n) is 1.82. The van der Waals surface area contributed by atoms with E-state index in [9.17, 15) is 0 Å². The van der Waals surface area contributed by atoms with Crippen LogP contribution in [-0.2, 0) is 13.1 Å². The Morgan fingerprint density at radius 1 is 1.26 bits per heavy atom. The number of nitrogens with one attached hydrogen (secondary N) is 1. The number of hydrogen-bond acceptors (Lipinski definition) is 4. The Labute approximate surface area is 113 Å². The number of aryl methyl sites for hydroxylation is 1. The fraction of sp³-hybridized carbons (Fsp3) is 0.357. The van der Waals surface area contributed by atoms with Crippen LogP contribution in [0.5, 0.6) is 11.5 Å². The van der Waals surface area contributed by atoms with Gasteiger partial charge < -0.3 is 14.8 Å². The highest BCUT2D eigenvalue weighted by Gasteiger charge is 2.05. The van der Waals surface area contributed by atoms with Gasteiger partial charge in [0.25, 0.3) is 0 Å². The first-order valence-electron chi connectivity index (χ1n) is 6.24. The van der Waals surface area contributed by atoms with Gasteiger partial charge in [0.2, 0.25) is 0 Å². The molecule has 0 bridgehead atoms. The number of aromatic nitrogens is 2. The highest BCUT2D eigenvalue weighted by atomic mass is 16.5. The summed E-state index contributed by atoms with van der Waals surface area (Å²) < 4.78 is 12.4. The number of methoxy groups -OCH3 is 2. The zero-order chi connectivity index (χ0) is 13.7. The lowest BCUT2D eigenvalue weighted by Crippen LogP contribution is -2.01. The van der Waals surface area contributed by atoms with Gasteiger partial charge in [-0.25, -0.2) is 0 Å². The first-order chi connectivity index (χ1) is 9.26. The minimum Gasteiger partial charge on any atom is -0.497 e. The molecule has 0 spiro atoms. The van der Waals surface area contributed by atoms with Crippen LogP contribution >= 0.6 is 0 Å². The largest absolute Gasteiger partial charge is 0.497 e. The van der Waals surface area contributed by atoms with Gasteiger partial charge in [0.05, 0.1) is 26.1 Å². The third-order valence-electron chi connectivity index (χ3n) is 2.90. The van der Waals surface area contributed by atoms with Gasteiger partial charge in [-0.2, -0.15) is 5.10 Å². The molecule has 1 heterocycles. The van der Waals surface area contributed by atoms with Gasteiger partial charge in [0.15, 0.2) is 0 Å². The zero-order valence-electron chi connectivity index (χ0n) is 11.5. The number of benzene rings is 1. The molecule has 5 heteroatoms. The second-order valence-corrected chi connectivity index (χ2v) is 4.12. The van der Waals surface area contributed by atoms with Gasteiger partial charge in [-0.3, -0.25) is 4.68 Å². The third-order valence-corrected chi connectivity index (χ3v) is 2.90. The Morgan fingerprint density at radius 2 is 2.11 bits per heavy atom. The van der Waals surface area contributed by atoms with Crippen molar-refractivity contribution in [2.75, 3.05) is 19.5 Å². The van der Waals surface area contributed by atoms with E-state index >= 15 is 0 Å². The van der Waals surface area contributed by atoms with E-state index in [2.05, 4.69) is 17.3 Å². The summed E-state index contributed by atoms with van der Waals surface area (Å²) in [6.07, 6.45) is 3.89. The van der Waals surface area contributed by atoms with Crippen molar-refractivity contribution in [3.05, 3.63) is 36.2 Å². The van der Waals surface area contributed by atoms with Gasteiger partial charge in [-0.15, -0.1) is 0 Å². The molecule has 0 fully saturated rings. The number of hydrogen-bond donors (Lipinski definition) is 1. The average Bonchev–Trinajstić information content (AvgIpc) is 2.92. The average molecular weight is 261 g/mol. The first-order valence-corrected chi connectivity index (χ1v) is 6.24. The molecule has 0 aliphatic rings. The van der Waals surface area contributed by atoms with E-state index in [4.69, 9.17) is 9.47 Å². The summed E-state index contributed by atoms with van der Waals surface area (Å²) in [4.78, 5) is 0. The van der Waals surface area contributed by atoms with Crippen LogP contribution in [0.25, 0.3) is 0 Å². The van der Waals surface area contributed by atoms with E-state index in [1.54, 1.807) is 14.2 Å². The summed E-state index contributed by atoms with van der Waals surface area (Å²) in [5.74, 6) is 1.59. The molecular formula is C14H19N3O2. The predicted molar refractivity (Wildman–Crippen MR) is 74.8 cm³/mol. The quantitative estimate of drug-likeness (QED) is 0.868. The van der Waals surface area contributed by atoms with Crippen molar-refractivity contribution in [1.82, 2.24) is 9.78 Å². The summed E-state index contributed by atoms with van der Waals surface area (Å²) in [5.41, 5.74) is 2.04. The number of rotatable bonds is 6. The van der Waals surface area contributed by atoms with Gasteiger partial charge in [0.1, 0.15) is 11.5 Å². The molecule has 0 aliphatic heterocycles. The van der Waals surface area contributed by atoms with Crippen LogP contribution in [0.3, 0.4) is 0 Å². The molecule has 19 heavy (non-hydrogen) atoms. The number of ether oxygens (including phenoxy) is 2. The lowest BCUT2D eigenvalue weighted by atomic mass is 10.2.